The number of benzene rings is 1. The van der Waals surface area contributed by atoms with Crippen LogP contribution in [0, 0.1) is 5.92 Å². The van der Waals surface area contributed by atoms with Crippen LogP contribution in [0.25, 0.3) is 0 Å². The first-order valence-electron chi connectivity index (χ1n) is 6.84. The third kappa shape index (κ3) is 3.72. The fraction of sp³-hybridized carbons (Fsp3) is 0.600. The number of aliphatic hydroxyl groups is 1. The third-order valence-corrected chi connectivity index (χ3v) is 3.93. The smallest absolute Gasteiger partial charge is 0.388 e. The zero-order valence-electron chi connectivity index (χ0n) is 10.8. The second-order valence-electron chi connectivity index (χ2n) is 5.32. The largest absolute Gasteiger partial charge is 0.416 e. The Labute approximate surface area is 111 Å². The Hall–Kier alpha value is -1.03. The average molecular weight is 272 g/mol. The van der Waals surface area contributed by atoms with Gasteiger partial charge in [0.05, 0.1) is 11.7 Å². The van der Waals surface area contributed by atoms with Gasteiger partial charge in [0.1, 0.15) is 0 Å². The molecular formula is C15H19F3O. The summed E-state index contributed by atoms with van der Waals surface area (Å²) in [5.41, 5.74) is -0.0655. The zero-order valence-corrected chi connectivity index (χ0v) is 10.8. The van der Waals surface area contributed by atoms with Crippen molar-refractivity contribution in [2.75, 3.05) is 0 Å². The molecule has 0 radical (unpaired) electrons. The van der Waals surface area contributed by atoms with E-state index in [1.807, 2.05) is 0 Å². The Balaban J connectivity index is 2.08. The van der Waals surface area contributed by atoms with Crippen LogP contribution in [0.2, 0.25) is 0 Å². The highest BCUT2D eigenvalue weighted by Crippen LogP contribution is 2.35. The Morgan fingerprint density at radius 3 is 1.95 bits per heavy atom. The fourth-order valence-corrected chi connectivity index (χ4v) is 2.77. The second kappa shape index (κ2) is 5.95. The topological polar surface area (TPSA) is 20.2 Å². The Morgan fingerprint density at radius 1 is 0.947 bits per heavy atom. The SMILES string of the molecule is O[C@@H](c1ccc(C(F)(F)F)cc1)C1CCCCCC1. The van der Waals surface area contributed by atoms with Gasteiger partial charge in [0.2, 0.25) is 0 Å². The average Bonchev–Trinajstić information content (AvgIpc) is 2.66. The second-order valence-corrected chi connectivity index (χ2v) is 5.32. The van der Waals surface area contributed by atoms with E-state index in [0.717, 1.165) is 37.8 Å². The number of aliphatic hydroxyl groups excluding tert-OH is 1. The summed E-state index contributed by atoms with van der Waals surface area (Å²) in [6, 6.07) is 4.90. The molecule has 4 heteroatoms. The quantitative estimate of drug-likeness (QED) is 0.773. The summed E-state index contributed by atoms with van der Waals surface area (Å²) in [6.45, 7) is 0. The number of hydrogen-bond acceptors (Lipinski definition) is 1. The lowest BCUT2D eigenvalue weighted by Gasteiger charge is -2.22. The van der Waals surface area contributed by atoms with Gasteiger partial charge in [0.25, 0.3) is 0 Å². The van der Waals surface area contributed by atoms with Crippen molar-refractivity contribution in [3.8, 4) is 0 Å². The summed E-state index contributed by atoms with van der Waals surface area (Å²) < 4.78 is 37.4. The predicted molar refractivity (Wildman–Crippen MR) is 67.6 cm³/mol. The fourth-order valence-electron chi connectivity index (χ4n) is 2.77. The standard InChI is InChI=1S/C15H19F3O/c16-15(17,18)13-9-7-12(8-10-13)14(19)11-5-3-1-2-4-6-11/h7-11,14,19H,1-6H2/t14-/m1/s1. The zero-order chi connectivity index (χ0) is 13.9. The van der Waals surface area contributed by atoms with Gasteiger partial charge >= 0.3 is 6.18 Å². The van der Waals surface area contributed by atoms with Gasteiger partial charge in [-0.3, -0.25) is 0 Å². The van der Waals surface area contributed by atoms with Crippen LogP contribution >= 0.6 is 0 Å². The molecule has 2 rings (SSSR count). The lowest BCUT2D eigenvalue weighted by Crippen LogP contribution is -2.12. The van der Waals surface area contributed by atoms with E-state index in [1.54, 1.807) is 0 Å². The normalized spacial score (nSPS) is 20.0. The van der Waals surface area contributed by atoms with Crippen LogP contribution in [0.1, 0.15) is 55.8 Å². The molecule has 0 unspecified atom stereocenters. The summed E-state index contributed by atoms with van der Waals surface area (Å²) in [5.74, 6) is 0.180. The van der Waals surface area contributed by atoms with Gasteiger partial charge < -0.3 is 5.11 Å². The monoisotopic (exact) mass is 272 g/mol. The third-order valence-electron chi connectivity index (χ3n) is 3.93. The van der Waals surface area contributed by atoms with Gasteiger partial charge in [-0.1, -0.05) is 37.8 Å². The van der Waals surface area contributed by atoms with Crippen molar-refractivity contribution in [3.63, 3.8) is 0 Å². The van der Waals surface area contributed by atoms with Crippen LogP contribution in [-0.2, 0) is 6.18 Å². The van der Waals surface area contributed by atoms with Crippen LogP contribution in [0.4, 0.5) is 13.2 Å². The number of alkyl halides is 3. The van der Waals surface area contributed by atoms with Crippen LogP contribution in [0.5, 0.6) is 0 Å². The molecule has 1 saturated carbocycles. The first-order chi connectivity index (χ1) is 8.98. The molecule has 1 aliphatic rings. The molecule has 0 aliphatic heterocycles. The molecule has 1 nitrogen and oxygen atoms in total. The minimum absolute atomic E-state index is 0.180. The summed E-state index contributed by atoms with van der Waals surface area (Å²) >= 11 is 0. The Kier molecular flexibility index (Phi) is 4.50. The van der Waals surface area contributed by atoms with Crippen molar-refractivity contribution < 1.29 is 18.3 Å². The molecule has 0 aromatic heterocycles. The van der Waals surface area contributed by atoms with E-state index in [-0.39, 0.29) is 5.92 Å². The van der Waals surface area contributed by atoms with E-state index in [0.29, 0.717) is 5.56 Å². The van der Waals surface area contributed by atoms with E-state index in [2.05, 4.69) is 0 Å². The van der Waals surface area contributed by atoms with Crippen molar-refractivity contribution in [2.45, 2.75) is 50.8 Å². The number of hydrogen-bond donors (Lipinski definition) is 1. The van der Waals surface area contributed by atoms with Gasteiger partial charge in [0, 0.05) is 0 Å². The minimum Gasteiger partial charge on any atom is -0.388 e. The van der Waals surface area contributed by atoms with Crippen molar-refractivity contribution >= 4 is 0 Å². The van der Waals surface area contributed by atoms with E-state index < -0.39 is 17.8 Å². The van der Waals surface area contributed by atoms with E-state index in [4.69, 9.17) is 0 Å². The van der Waals surface area contributed by atoms with E-state index in [1.165, 1.54) is 25.0 Å². The van der Waals surface area contributed by atoms with Crippen LogP contribution < -0.4 is 0 Å². The molecule has 1 N–H and O–H groups in total. The lowest BCUT2D eigenvalue weighted by atomic mass is 9.89. The molecule has 0 amide bonds. The van der Waals surface area contributed by atoms with Gasteiger partial charge in [0.15, 0.2) is 0 Å². The molecule has 0 bridgehead atoms. The van der Waals surface area contributed by atoms with Gasteiger partial charge in [-0.05, 0) is 36.5 Å². The van der Waals surface area contributed by atoms with Gasteiger partial charge in [-0.25, -0.2) is 0 Å². The summed E-state index contributed by atoms with van der Waals surface area (Å²) in [5, 5.41) is 10.3. The molecule has 106 valence electrons. The van der Waals surface area contributed by atoms with E-state index in [9.17, 15) is 18.3 Å². The lowest BCUT2D eigenvalue weighted by molar-refractivity contribution is -0.137. The molecule has 1 aromatic carbocycles. The van der Waals surface area contributed by atoms with Crippen molar-refractivity contribution in [2.24, 2.45) is 5.92 Å². The highest BCUT2D eigenvalue weighted by molar-refractivity contribution is 5.26. The molecule has 0 spiro atoms. The van der Waals surface area contributed by atoms with Crippen molar-refractivity contribution in [1.82, 2.24) is 0 Å². The molecule has 0 heterocycles. The molecule has 1 fully saturated rings. The highest BCUT2D eigenvalue weighted by atomic mass is 19.4. The maximum Gasteiger partial charge on any atom is 0.416 e. The van der Waals surface area contributed by atoms with Crippen molar-refractivity contribution in [3.05, 3.63) is 35.4 Å². The Bertz CT molecular complexity index is 389. The molecule has 19 heavy (non-hydrogen) atoms. The van der Waals surface area contributed by atoms with Crippen molar-refractivity contribution in [1.29, 1.82) is 0 Å². The van der Waals surface area contributed by atoms with Gasteiger partial charge in [-0.2, -0.15) is 13.2 Å². The van der Waals surface area contributed by atoms with Gasteiger partial charge in [-0.15, -0.1) is 0 Å². The molecule has 1 atom stereocenters. The first kappa shape index (κ1) is 14.4. The molecule has 1 aliphatic carbocycles. The minimum atomic E-state index is -4.31. The predicted octanol–water partition coefficient (Wildman–Crippen LogP) is 4.71. The Morgan fingerprint density at radius 2 is 1.47 bits per heavy atom. The number of halogens is 3. The molecule has 1 aromatic rings. The molecular weight excluding hydrogens is 253 g/mol. The summed E-state index contributed by atoms with van der Waals surface area (Å²) in [4.78, 5) is 0. The van der Waals surface area contributed by atoms with Crippen LogP contribution in [-0.4, -0.2) is 5.11 Å². The van der Waals surface area contributed by atoms with Crippen LogP contribution in [0.15, 0.2) is 24.3 Å². The highest BCUT2D eigenvalue weighted by Gasteiger charge is 2.30. The maximum atomic E-state index is 12.5. The first-order valence-corrected chi connectivity index (χ1v) is 6.84. The summed E-state index contributed by atoms with van der Waals surface area (Å²) in [7, 11) is 0. The van der Waals surface area contributed by atoms with Crippen LogP contribution in [0.3, 0.4) is 0 Å². The maximum absolute atomic E-state index is 12.5. The molecule has 0 saturated heterocycles. The van der Waals surface area contributed by atoms with E-state index >= 15 is 0 Å². The number of rotatable bonds is 2. The summed E-state index contributed by atoms with van der Waals surface area (Å²) in [6.07, 6.45) is 1.55.